The minimum absolute atomic E-state index is 0.0168. The van der Waals surface area contributed by atoms with E-state index < -0.39 is 0 Å². The van der Waals surface area contributed by atoms with Crippen LogP contribution in [0.5, 0.6) is 5.75 Å². The van der Waals surface area contributed by atoms with Crippen LogP contribution in [0.15, 0.2) is 78.9 Å². The predicted molar refractivity (Wildman–Crippen MR) is 118 cm³/mol. The average molecular weight is 407 g/mol. The second-order valence-corrected chi connectivity index (χ2v) is 7.65. The summed E-state index contributed by atoms with van der Waals surface area (Å²) in [6.07, 6.45) is 0.818. The number of ether oxygens (including phenoxy) is 1. The summed E-state index contributed by atoms with van der Waals surface area (Å²) in [7, 11) is 0. The van der Waals surface area contributed by atoms with Crippen LogP contribution < -0.4 is 15.0 Å². The zero-order valence-corrected chi connectivity index (χ0v) is 17.0. The summed E-state index contributed by atoms with van der Waals surface area (Å²) in [6.45, 7) is 2.06. The van der Waals surface area contributed by atoms with Crippen molar-refractivity contribution < 1.29 is 9.53 Å². The first kappa shape index (κ1) is 19.3. The Morgan fingerprint density at radius 2 is 1.72 bits per heavy atom. The van der Waals surface area contributed by atoms with Gasteiger partial charge in [0.05, 0.1) is 6.04 Å². The average Bonchev–Trinajstić information content (AvgIpc) is 2.74. The van der Waals surface area contributed by atoms with Gasteiger partial charge in [0.2, 0.25) is 0 Å². The minimum atomic E-state index is -0.0574. The number of fused-ring (bicyclic) bond motifs is 1. The molecule has 0 radical (unpaired) electrons. The van der Waals surface area contributed by atoms with Gasteiger partial charge >= 0.3 is 0 Å². The molecule has 1 aliphatic heterocycles. The van der Waals surface area contributed by atoms with Gasteiger partial charge in [-0.25, -0.2) is 0 Å². The third-order valence-corrected chi connectivity index (χ3v) is 5.40. The molecule has 3 aromatic carbocycles. The largest absolute Gasteiger partial charge is 0.484 e. The van der Waals surface area contributed by atoms with Gasteiger partial charge in [-0.3, -0.25) is 4.79 Å². The highest BCUT2D eigenvalue weighted by Gasteiger charge is 2.33. The second-order valence-electron chi connectivity index (χ2n) is 7.21. The molecule has 0 fully saturated rings. The Labute approximate surface area is 176 Å². The fraction of sp³-hybridized carbons (Fsp3) is 0.208. The molecular formula is C24H23ClN2O2. The summed E-state index contributed by atoms with van der Waals surface area (Å²) >= 11 is 5.91. The van der Waals surface area contributed by atoms with Gasteiger partial charge in [0.15, 0.2) is 6.61 Å². The number of anilines is 2. The van der Waals surface area contributed by atoms with Gasteiger partial charge in [-0.05, 0) is 61.4 Å². The molecule has 0 saturated carbocycles. The third kappa shape index (κ3) is 4.38. The minimum Gasteiger partial charge on any atom is -0.484 e. The van der Waals surface area contributed by atoms with Crippen molar-refractivity contribution in [2.24, 2.45) is 0 Å². The summed E-state index contributed by atoms with van der Waals surface area (Å²) < 4.78 is 5.70. The second kappa shape index (κ2) is 8.58. The van der Waals surface area contributed by atoms with Gasteiger partial charge in [-0.15, -0.1) is 0 Å². The molecule has 0 saturated heterocycles. The first-order valence-corrected chi connectivity index (χ1v) is 10.1. The van der Waals surface area contributed by atoms with Crippen molar-refractivity contribution in [3.63, 3.8) is 0 Å². The summed E-state index contributed by atoms with van der Waals surface area (Å²) in [6, 6.07) is 25.5. The Kier molecular flexibility index (Phi) is 5.72. The number of halogens is 1. The molecule has 148 valence electrons. The van der Waals surface area contributed by atoms with Crippen LogP contribution in [0.3, 0.4) is 0 Å². The van der Waals surface area contributed by atoms with Crippen LogP contribution in [0.25, 0.3) is 0 Å². The molecule has 0 spiro atoms. The number of amides is 1. The van der Waals surface area contributed by atoms with Gasteiger partial charge in [-0.2, -0.15) is 0 Å². The van der Waals surface area contributed by atoms with Crippen LogP contribution in [0.1, 0.15) is 24.9 Å². The Morgan fingerprint density at radius 1 is 1.03 bits per heavy atom. The lowest BCUT2D eigenvalue weighted by Crippen LogP contribution is -2.46. The molecule has 4 nitrogen and oxygen atoms in total. The number of carbonyl (C=O) groups is 1. The third-order valence-electron chi connectivity index (χ3n) is 5.15. The zero-order chi connectivity index (χ0) is 20.2. The highest BCUT2D eigenvalue weighted by molar-refractivity contribution is 6.30. The first-order chi connectivity index (χ1) is 14.1. The molecule has 4 rings (SSSR count). The van der Waals surface area contributed by atoms with Crippen LogP contribution in [-0.2, 0) is 4.79 Å². The van der Waals surface area contributed by atoms with E-state index in [4.69, 9.17) is 16.3 Å². The van der Waals surface area contributed by atoms with Crippen molar-refractivity contribution in [2.45, 2.75) is 25.4 Å². The van der Waals surface area contributed by atoms with E-state index in [1.165, 1.54) is 0 Å². The highest BCUT2D eigenvalue weighted by Crippen LogP contribution is 2.38. The van der Waals surface area contributed by atoms with Crippen molar-refractivity contribution in [3.05, 3.63) is 89.4 Å². The van der Waals surface area contributed by atoms with Crippen molar-refractivity contribution in [2.75, 3.05) is 16.8 Å². The Balaban J connectivity index is 1.53. The van der Waals surface area contributed by atoms with Gasteiger partial charge < -0.3 is 15.0 Å². The number of nitrogens with one attached hydrogen (secondary N) is 1. The fourth-order valence-corrected chi connectivity index (χ4v) is 3.94. The van der Waals surface area contributed by atoms with Gasteiger partial charge in [0, 0.05) is 22.4 Å². The van der Waals surface area contributed by atoms with Gasteiger partial charge in [0.25, 0.3) is 5.91 Å². The number of para-hydroxylation sites is 2. The monoisotopic (exact) mass is 406 g/mol. The number of nitrogens with zero attached hydrogens (tertiary/aromatic N) is 1. The SMILES string of the molecule is C[C@H]1C[C@H](Nc2ccccc2)c2ccccc2N1C(=O)COc1ccc(Cl)cc1. The Bertz CT molecular complexity index is 976. The summed E-state index contributed by atoms with van der Waals surface area (Å²) in [4.78, 5) is 14.9. The number of rotatable bonds is 5. The zero-order valence-electron chi connectivity index (χ0n) is 16.2. The van der Waals surface area contributed by atoms with Gasteiger partial charge in [-0.1, -0.05) is 48.0 Å². The van der Waals surface area contributed by atoms with E-state index in [-0.39, 0.29) is 24.6 Å². The molecule has 1 heterocycles. The first-order valence-electron chi connectivity index (χ1n) is 9.73. The summed E-state index contributed by atoms with van der Waals surface area (Å²) in [5.74, 6) is 0.572. The van der Waals surface area contributed by atoms with Crippen molar-refractivity contribution in [1.82, 2.24) is 0 Å². The van der Waals surface area contributed by atoms with Crippen LogP contribution in [0, 0.1) is 0 Å². The van der Waals surface area contributed by atoms with Crippen LogP contribution in [0.4, 0.5) is 11.4 Å². The lowest BCUT2D eigenvalue weighted by molar-refractivity contribution is -0.121. The maximum atomic E-state index is 13.0. The van der Waals surface area contributed by atoms with E-state index in [2.05, 4.69) is 30.4 Å². The van der Waals surface area contributed by atoms with Crippen LogP contribution in [-0.4, -0.2) is 18.6 Å². The van der Waals surface area contributed by atoms with E-state index in [1.807, 2.05) is 41.3 Å². The standard InChI is InChI=1S/C24H23ClN2O2/c1-17-15-22(26-19-7-3-2-4-8-19)21-9-5-6-10-23(21)27(17)24(28)16-29-20-13-11-18(25)12-14-20/h2-14,17,22,26H,15-16H2,1H3/t17-,22-/m0/s1. The van der Waals surface area contributed by atoms with E-state index in [1.54, 1.807) is 24.3 Å². The van der Waals surface area contributed by atoms with Crippen molar-refractivity contribution in [3.8, 4) is 5.75 Å². The Morgan fingerprint density at radius 3 is 2.48 bits per heavy atom. The molecule has 1 aliphatic rings. The van der Waals surface area contributed by atoms with E-state index in [9.17, 15) is 4.79 Å². The van der Waals surface area contributed by atoms with Gasteiger partial charge in [0.1, 0.15) is 5.75 Å². The number of hydrogen-bond donors (Lipinski definition) is 1. The molecule has 2 atom stereocenters. The smallest absolute Gasteiger partial charge is 0.265 e. The van der Waals surface area contributed by atoms with E-state index in [0.717, 1.165) is 23.4 Å². The lowest BCUT2D eigenvalue weighted by atomic mass is 9.91. The Hall–Kier alpha value is -2.98. The number of carbonyl (C=O) groups excluding carboxylic acids is 1. The topological polar surface area (TPSA) is 41.6 Å². The maximum absolute atomic E-state index is 13.0. The molecule has 1 amide bonds. The molecular weight excluding hydrogens is 384 g/mol. The van der Waals surface area contributed by atoms with E-state index in [0.29, 0.717) is 10.8 Å². The highest BCUT2D eigenvalue weighted by atomic mass is 35.5. The molecule has 29 heavy (non-hydrogen) atoms. The molecule has 0 bridgehead atoms. The number of benzene rings is 3. The molecule has 0 aliphatic carbocycles. The summed E-state index contributed by atoms with van der Waals surface area (Å²) in [5, 5.41) is 4.25. The molecule has 0 unspecified atom stereocenters. The van der Waals surface area contributed by atoms with Crippen LogP contribution >= 0.6 is 11.6 Å². The number of hydrogen-bond acceptors (Lipinski definition) is 3. The fourth-order valence-electron chi connectivity index (χ4n) is 3.81. The lowest BCUT2D eigenvalue weighted by Gasteiger charge is -2.40. The predicted octanol–water partition coefficient (Wildman–Crippen LogP) is 5.70. The summed E-state index contributed by atoms with van der Waals surface area (Å²) in [5.41, 5.74) is 3.13. The van der Waals surface area contributed by atoms with E-state index >= 15 is 0 Å². The molecule has 0 aromatic heterocycles. The molecule has 1 N–H and O–H groups in total. The van der Waals surface area contributed by atoms with Crippen LogP contribution in [0.2, 0.25) is 5.02 Å². The normalized spacial score (nSPS) is 18.1. The molecule has 5 heteroatoms. The van der Waals surface area contributed by atoms with Crippen molar-refractivity contribution in [1.29, 1.82) is 0 Å². The molecule has 3 aromatic rings. The quantitative estimate of drug-likeness (QED) is 0.591. The van der Waals surface area contributed by atoms with Crippen molar-refractivity contribution >= 4 is 28.9 Å². The maximum Gasteiger partial charge on any atom is 0.265 e.